The molecule has 0 radical (unpaired) electrons. The summed E-state index contributed by atoms with van der Waals surface area (Å²) in [6, 6.07) is 8.52. The first kappa shape index (κ1) is 11.1. The largest absolute Gasteiger partial charge is 0.477 e. The van der Waals surface area contributed by atoms with E-state index in [1.54, 1.807) is 30.3 Å². The van der Waals surface area contributed by atoms with E-state index in [9.17, 15) is 9.59 Å². The molecule has 0 atom stereocenters. The summed E-state index contributed by atoms with van der Waals surface area (Å²) in [5.41, 5.74) is 0.452. The fraction of sp³-hybridized carbons (Fsp3) is 0.0833. The Labute approximate surface area is 97.3 Å². The predicted molar refractivity (Wildman–Crippen MR) is 60.0 cm³/mol. The van der Waals surface area contributed by atoms with E-state index in [0.29, 0.717) is 5.56 Å². The molecule has 1 heterocycles. The summed E-state index contributed by atoms with van der Waals surface area (Å²) in [6.45, 7) is 0. The van der Waals surface area contributed by atoms with Crippen LogP contribution in [0.15, 0.2) is 36.5 Å². The number of carboxylic acid groups (broad SMARTS) is 1. The summed E-state index contributed by atoms with van der Waals surface area (Å²) in [4.78, 5) is 23.1. The van der Waals surface area contributed by atoms with Crippen molar-refractivity contribution in [1.82, 2.24) is 9.78 Å². The molecule has 1 N–H and O–H groups in total. The molecule has 0 unspecified atom stereocenters. The molecule has 0 bridgehead atoms. The molecule has 0 aliphatic rings. The highest BCUT2D eigenvalue weighted by molar-refractivity contribution is 6.13. The van der Waals surface area contributed by atoms with Crippen LogP contribution in [0.3, 0.4) is 0 Å². The van der Waals surface area contributed by atoms with Gasteiger partial charge in [-0.2, -0.15) is 5.10 Å². The molecule has 2 aromatic rings. The Kier molecular flexibility index (Phi) is 2.74. The van der Waals surface area contributed by atoms with Gasteiger partial charge in [0.25, 0.3) is 0 Å². The van der Waals surface area contributed by atoms with Gasteiger partial charge in [-0.15, -0.1) is 0 Å². The lowest BCUT2D eigenvalue weighted by Gasteiger charge is -2.00. The van der Waals surface area contributed by atoms with Crippen LogP contribution in [-0.2, 0) is 7.05 Å². The van der Waals surface area contributed by atoms with Gasteiger partial charge in [0.2, 0.25) is 0 Å². The molecule has 0 aliphatic heterocycles. The highest BCUT2D eigenvalue weighted by Gasteiger charge is 2.22. The zero-order valence-corrected chi connectivity index (χ0v) is 9.12. The van der Waals surface area contributed by atoms with Gasteiger partial charge in [-0.3, -0.25) is 9.48 Å². The molecule has 0 spiro atoms. The van der Waals surface area contributed by atoms with Gasteiger partial charge < -0.3 is 5.11 Å². The van der Waals surface area contributed by atoms with Crippen molar-refractivity contribution >= 4 is 11.8 Å². The highest BCUT2D eigenvalue weighted by Crippen LogP contribution is 2.13. The smallest absolute Gasteiger partial charge is 0.354 e. The highest BCUT2D eigenvalue weighted by atomic mass is 16.4. The Morgan fingerprint density at radius 3 is 2.47 bits per heavy atom. The van der Waals surface area contributed by atoms with Crippen molar-refractivity contribution in [3.05, 3.63) is 53.3 Å². The van der Waals surface area contributed by atoms with Gasteiger partial charge in [0.05, 0.1) is 11.8 Å². The van der Waals surface area contributed by atoms with Crippen molar-refractivity contribution in [2.75, 3.05) is 0 Å². The molecular formula is C12H10N2O3. The maximum atomic E-state index is 12.1. The minimum absolute atomic E-state index is 0.0983. The Bertz CT molecular complexity index is 573. The molecule has 5 heteroatoms. The monoisotopic (exact) mass is 230 g/mol. The van der Waals surface area contributed by atoms with E-state index in [0.717, 1.165) is 0 Å². The first-order valence-electron chi connectivity index (χ1n) is 4.96. The van der Waals surface area contributed by atoms with Crippen molar-refractivity contribution in [1.29, 1.82) is 0 Å². The van der Waals surface area contributed by atoms with E-state index >= 15 is 0 Å². The van der Waals surface area contributed by atoms with E-state index in [1.807, 2.05) is 0 Å². The number of aromatic carboxylic acids is 1. The van der Waals surface area contributed by atoms with Crippen LogP contribution < -0.4 is 0 Å². The van der Waals surface area contributed by atoms with E-state index in [1.165, 1.54) is 17.9 Å². The molecule has 2 rings (SSSR count). The number of benzene rings is 1. The number of aromatic nitrogens is 2. The third kappa shape index (κ3) is 1.94. The first-order chi connectivity index (χ1) is 8.11. The summed E-state index contributed by atoms with van der Waals surface area (Å²) >= 11 is 0. The van der Waals surface area contributed by atoms with Gasteiger partial charge in [0, 0.05) is 12.6 Å². The van der Waals surface area contributed by atoms with Crippen LogP contribution in [0, 0.1) is 0 Å². The number of rotatable bonds is 3. The molecule has 0 amide bonds. The third-order valence-corrected chi connectivity index (χ3v) is 2.42. The van der Waals surface area contributed by atoms with Crippen molar-refractivity contribution in [2.45, 2.75) is 0 Å². The lowest BCUT2D eigenvalue weighted by atomic mass is 10.0. The number of carbonyl (C=O) groups excluding carboxylic acids is 1. The van der Waals surface area contributed by atoms with Crippen molar-refractivity contribution < 1.29 is 14.7 Å². The summed E-state index contributed by atoms with van der Waals surface area (Å²) in [6.07, 6.45) is 1.28. The number of carbonyl (C=O) groups is 2. The predicted octanol–water partition coefficient (Wildman–Crippen LogP) is 1.35. The number of aryl methyl sites for hydroxylation is 1. The van der Waals surface area contributed by atoms with Crippen molar-refractivity contribution in [3.8, 4) is 0 Å². The Balaban J connectivity index is 2.49. The topological polar surface area (TPSA) is 72.2 Å². The minimum atomic E-state index is -1.16. The van der Waals surface area contributed by atoms with Gasteiger partial charge in [-0.25, -0.2) is 4.79 Å². The number of nitrogens with zero attached hydrogens (tertiary/aromatic N) is 2. The van der Waals surface area contributed by atoms with Crippen LogP contribution in [-0.4, -0.2) is 26.6 Å². The molecular weight excluding hydrogens is 220 g/mol. The van der Waals surface area contributed by atoms with Gasteiger partial charge >= 0.3 is 5.97 Å². The maximum Gasteiger partial charge on any atom is 0.354 e. The van der Waals surface area contributed by atoms with Crippen molar-refractivity contribution in [3.63, 3.8) is 0 Å². The fourth-order valence-corrected chi connectivity index (χ4v) is 1.60. The van der Waals surface area contributed by atoms with Crippen molar-refractivity contribution in [2.24, 2.45) is 7.05 Å². The van der Waals surface area contributed by atoms with Crippen LogP contribution in [0.2, 0.25) is 0 Å². The Hall–Kier alpha value is -2.43. The maximum absolute atomic E-state index is 12.1. The van der Waals surface area contributed by atoms with Gasteiger partial charge in [0.1, 0.15) is 0 Å². The molecule has 5 nitrogen and oxygen atoms in total. The SMILES string of the molecule is Cn1ncc(C(=O)c2ccccc2)c1C(=O)O. The molecule has 1 aromatic carbocycles. The van der Waals surface area contributed by atoms with E-state index < -0.39 is 5.97 Å². The average Bonchev–Trinajstić information content (AvgIpc) is 2.71. The standard InChI is InChI=1S/C12H10N2O3/c1-14-10(12(16)17)9(7-13-14)11(15)8-5-3-2-4-6-8/h2-7H,1H3,(H,16,17). The van der Waals surface area contributed by atoms with Crippen LogP contribution >= 0.6 is 0 Å². The lowest BCUT2D eigenvalue weighted by molar-refractivity contribution is 0.0681. The summed E-state index contributed by atoms with van der Waals surface area (Å²) in [5, 5.41) is 12.8. The summed E-state index contributed by atoms with van der Waals surface area (Å²) < 4.78 is 1.18. The summed E-state index contributed by atoms with van der Waals surface area (Å²) in [7, 11) is 1.49. The average molecular weight is 230 g/mol. The molecule has 86 valence electrons. The number of hydrogen-bond acceptors (Lipinski definition) is 3. The van der Waals surface area contributed by atoms with Crippen LogP contribution in [0.4, 0.5) is 0 Å². The summed E-state index contributed by atoms with van der Waals surface area (Å²) in [5.74, 6) is -1.50. The second-order valence-corrected chi connectivity index (χ2v) is 3.53. The van der Waals surface area contributed by atoms with E-state index in [4.69, 9.17) is 5.11 Å². The zero-order valence-electron chi connectivity index (χ0n) is 9.12. The fourth-order valence-electron chi connectivity index (χ4n) is 1.60. The first-order valence-corrected chi connectivity index (χ1v) is 4.96. The number of hydrogen-bond donors (Lipinski definition) is 1. The molecule has 0 saturated heterocycles. The Morgan fingerprint density at radius 2 is 1.88 bits per heavy atom. The van der Waals surface area contributed by atoms with Crippen LogP contribution in [0.1, 0.15) is 26.4 Å². The molecule has 0 aliphatic carbocycles. The van der Waals surface area contributed by atoms with Gasteiger partial charge in [-0.05, 0) is 0 Å². The Morgan fingerprint density at radius 1 is 1.24 bits per heavy atom. The van der Waals surface area contributed by atoms with Gasteiger partial charge in [0.15, 0.2) is 11.5 Å². The molecule has 17 heavy (non-hydrogen) atoms. The van der Waals surface area contributed by atoms with Gasteiger partial charge in [-0.1, -0.05) is 30.3 Å². The minimum Gasteiger partial charge on any atom is -0.477 e. The van der Waals surface area contributed by atoms with E-state index in [-0.39, 0.29) is 17.0 Å². The normalized spacial score (nSPS) is 10.2. The number of ketones is 1. The lowest BCUT2D eigenvalue weighted by Crippen LogP contribution is -2.12. The van der Waals surface area contributed by atoms with Crippen LogP contribution in [0.5, 0.6) is 0 Å². The molecule has 1 aromatic heterocycles. The second kappa shape index (κ2) is 4.21. The third-order valence-electron chi connectivity index (χ3n) is 2.42. The molecule has 0 saturated carbocycles. The number of carboxylic acids is 1. The zero-order chi connectivity index (χ0) is 12.4. The quantitative estimate of drug-likeness (QED) is 0.808. The van der Waals surface area contributed by atoms with Crippen LogP contribution in [0.25, 0.3) is 0 Å². The molecule has 0 fully saturated rings. The second-order valence-electron chi connectivity index (χ2n) is 3.53. The van der Waals surface area contributed by atoms with E-state index in [2.05, 4.69) is 5.10 Å².